The predicted octanol–water partition coefficient (Wildman–Crippen LogP) is 5.05. The number of aliphatic hydroxyl groups excluding tert-OH is 3. The van der Waals surface area contributed by atoms with Crippen LogP contribution >= 0.6 is 0 Å². The van der Waals surface area contributed by atoms with Gasteiger partial charge in [0.2, 0.25) is 0 Å². The first-order chi connectivity index (χ1) is 41.3. The maximum atomic E-state index is 12.9. The van der Waals surface area contributed by atoms with E-state index in [-0.39, 0.29) is 67.8 Å². The van der Waals surface area contributed by atoms with Gasteiger partial charge in [0.25, 0.3) is 0 Å². The van der Waals surface area contributed by atoms with Gasteiger partial charge in [0.1, 0.15) is 26.2 Å². The molecule has 0 saturated carbocycles. The second-order valence-corrected chi connectivity index (χ2v) is 24.2. The van der Waals surface area contributed by atoms with Crippen LogP contribution in [0.5, 0.6) is 0 Å². The molecule has 0 saturated heterocycles. The van der Waals surface area contributed by atoms with E-state index in [1.54, 1.807) is 19.9 Å². The molecule has 0 amide bonds. The smallest absolute Gasteiger partial charge is 0.196 e. The molecule has 4 N–H and O–H groups in total. The fourth-order valence-electron chi connectivity index (χ4n) is 11.9. The van der Waals surface area contributed by atoms with Crippen LogP contribution in [0.3, 0.4) is 0 Å². The molecule has 4 aliphatic carbocycles. The van der Waals surface area contributed by atoms with Crippen LogP contribution in [-0.2, 0) is 16.9 Å². The zero-order chi connectivity index (χ0) is 60.9. The molecular weight excluding hydrogens is 1150 g/mol. The second kappa shape index (κ2) is 27.9. The summed E-state index contributed by atoms with van der Waals surface area (Å²) in [5.41, 5.74) is 10.3. The Kier molecular flexibility index (Phi) is 20.9. The van der Waals surface area contributed by atoms with Crippen molar-refractivity contribution in [1.82, 2.24) is 0 Å². The number of aliphatic hydroxyl groups is 4. The number of nitrogens with zero attached hydrogens (tertiary/aromatic N) is 3. The Bertz CT molecular complexity index is 4250. The molecule has 0 atom stereocenters. The van der Waals surface area contributed by atoms with Gasteiger partial charge in [-0.25, -0.2) is 4.57 Å². The number of aromatic nitrogens is 1. The first-order valence-electron chi connectivity index (χ1n) is 29.1. The highest BCUT2D eigenvalue weighted by molar-refractivity contribution is 6.25. The molecule has 0 fully saturated rings. The minimum Gasteiger partial charge on any atom is -1.00 e. The third kappa shape index (κ3) is 14.4. The number of carbonyl (C=O) groups is 4. The summed E-state index contributed by atoms with van der Waals surface area (Å²) < 4.78 is 8.60. The normalized spacial score (nSPS) is 13.8. The molecule has 0 unspecified atom stereocenters. The topological polar surface area (TPSA) is 162 Å². The number of pyridine rings is 1. The SMILES string of the molecule is CC(C)(O)c1cc[n+](CC2=Cc3cccc4cccc(c34)C2=O)cc1.C[N+](C)(CCO)CC1=Cc2cccc3cccc(c23)C1=O.C[N+](C)(CCOCCO)CC1=Cc2cccc3cccc(c23)C1=O.O=C1C(CO)=Cc2cccc3cccc1c23.[Cl-].[Cl-]. The molecule has 9 aromatic rings. The van der Waals surface area contributed by atoms with Crippen molar-refractivity contribution in [3.8, 4) is 0 Å². The Morgan fingerprint density at radius 2 is 0.750 bits per heavy atom. The van der Waals surface area contributed by atoms with E-state index in [9.17, 15) is 24.3 Å². The lowest BCUT2D eigenvalue weighted by Crippen LogP contribution is -3.00. The Labute approximate surface area is 526 Å². The average molecular weight is 1220 g/mol. The number of carbonyl (C=O) groups excluding carboxylic acids is 4. The zero-order valence-corrected chi connectivity index (χ0v) is 52.0. The molecule has 14 heteroatoms. The lowest BCUT2D eigenvalue weighted by atomic mass is 9.87. The van der Waals surface area contributed by atoms with Gasteiger partial charge in [-0.3, -0.25) is 19.2 Å². The molecule has 0 bridgehead atoms. The standard InChI is InChI=1S/C22H20NO2.C20H24NO3.C18H20NO2.C14H10O2.2ClH/c1-22(2,25)18-9-11-23(12-10-18)14-17-13-16-7-3-5-15-6-4-8-19(20(15)16)21(17)24;1-21(2,9-11-24-12-10-22)14-17-13-16-7-3-5-15-6-4-8-18(19(15)16)20(17)23;1-19(2,9-10-20)12-15-11-14-7-3-5-13-6-4-8-16(17(13)14)18(15)21;15-8-11-7-10-5-1-3-9-4-2-6-12(13(9)10)14(11)16;;/h3-13,25H,14H2,1-2H3;3-8,13,22H,9-12,14H2,1-2H3;3-8,11,20H,9-10,12H2,1-2H3;1-7,15H,8H2;2*1H/q3*+1;;;/p-2. The van der Waals surface area contributed by atoms with Crippen molar-refractivity contribution in [2.24, 2.45) is 0 Å². The van der Waals surface area contributed by atoms with Gasteiger partial charge < -0.3 is 58.9 Å². The number of allylic oxidation sites excluding steroid dienone is 1. The van der Waals surface area contributed by atoms with Gasteiger partial charge in [-0.1, -0.05) is 146 Å². The van der Waals surface area contributed by atoms with E-state index in [4.69, 9.17) is 20.1 Å². The highest BCUT2D eigenvalue weighted by Crippen LogP contribution is 2.36. The second-order valence-electron chi connectivity index (χ2n) is 24.2. The molecule has 0 radical (unpaired) electrons. The summed E-state index contributed by atoms with van der Waals surface area (Å²) in [5.74, 6) is 0.264. The van der Waals surface area contributed by atoms with Crippen LogP contribution in [0.1, 0.15) is 83.1 Å². The number of ether oxygens (including phenoxy) is 1. The number of likely N-dealkylation sites (N-methyl/N-ethyl adjacent to an activating group) is 2. The van der Waals surface area contributed by atoms with E-state index in [0.29, 0.717) is 59.5 Å². The quantitative estimate of drug-likeness (QED) is 0.0626. The van der Waals surface area contributed by atoms with Gasteiger partial charge in [-0.2, -0.15) is 0 Å². The molecule has 13 rings (SSSR count). The number of Topliss-reactive ketones (excluding diaryl/α,β-unsaturated/α-hetero) is 4. The van der Waals surface area contributed by atoms with Crippen LogP contribution in [0.15, 0.2) is 192 Å². The lowest BCUT2D eigenvalue weighted by molar-refractivity contribution is -0.885. The fraction of sp³-hybridized carbons (Fsp3) is 0.230. The first kappa shape index (κ1) is 65.9. The summed E-state index contributed by atoms with van der Waals surface area (Å²) in [4.78, 5) is 50.6. The molecule has 8 aromatic carbocycles. The number of benzene rings is 8. The van der Waals surface area contributed by atoms with Crippen molar-refractivity contribution >= 4 is 90.5 Å². The third-order valence-corrected chi connectivity index (χ3v) is 16.3. The van der Waals surface area contributed by atoms with E-state index in [2.05, 4.69) is 32.3 Å². The van der Waals surface area contributed by atoms with Crippen LogP contribution in [-0.4, -0.2) is 140 Å². The average Bonchev–Trinajstić information content (AvgIpc) is 0.891. The minimum atomic E-state index is -0.867. The molecule has 88 heavy (non-hydrogen) atoms. The molecular formula is C74H74Cl2N3O9+. The summed E-state index contributed by atoms with van der Waals surface area (Å²) in [6.07, 6.45) is 11.6. The fourth-order valence-corrected chi connectivity index (χ4v) is 11.9. The van der Waals surface area contributed by atoms with Crippen molar-refractivity contribution in [1.29, 1.82) is 0 Å². The summed E-state index contributed by atoms with van der Waals surface area (Å²) in [6.45, 7) is 7.63. The van der Waals surface area contributed by atoms with Gasteiger partial charge in [0.15, 0.2) is 42.1 Å². The maximum absolute atomic E-state index is 12.9. The van der Waals surface area contributed by atoms with Crippen molar-refractivity contribution in [3.05, 3.63) is 242 Å². The van der Waals surface area contributed by atoms with Crippen molar-refractivity contribution in [2.75, 3.05) is 87.4 Å². The van der Waals surface area contributed by atoms with Crippen molar-refractivity contribution in [3.63, 3.8) is 0 Å². The van der Waals surface area contributed by atoms with Gasteiger partial charge in [-0.05, 0) is 87.5 Å². The van der Waals surface area contributed by atoms with Crippen LogP contribution in [0.25, 0.3) is 67.4 Å². The number of hydrogen-bond donors (Lipinski definition) is 4. The number of hydrogen-bond acceptors (Lipinski definition) is 9. The van der Waals surface area contributed by atoms with Crippen LogP contribution in [0.2, 0.25) is 0 Å². The van der Waals surface area contributed by atoms with Crippen molar-refractivity contribution in [2.45, 2.75) is 26.0 Å². The van der Waals surface area contributed by atoms with E-state index < -0.39 is 5.60 Å². The first-order valence-corrected chi connectivity index (χ1v) is 29.1. The Balaban J connectivity index is 0.000000152. The maximum Gasteiger partial charge on any atom is 0.196 e. The summed E-state index contributed by atoms with van der Waals surface area (Å²) >= 11 is 0. The highest BCUT2D eigenvalue weighted by atomic mass is 35.5. The van der Waals surface area contributed by atoms with E-state index in [1.807, 2.05) is 189 Å². The number of quaternary nitrogens is 2. The van der Waals surface area contributed by atoms with E-state index >= 15 is 0 Å². The highest BCUT2D eigenvalue weighted by Gasteiger charge is 2.30. The predicted molar refractivity (Wildman–Crippen MR) is 343 cm³/mol. The molecule has 12 nitrogen and oxygen atoms in total. The molecule has 1 aromatic heterocycles. The largest absolute Gasteiger partial charge is 1.00 e. The third-order valence-electron chi connectivity index (χ3n) is 16.3. The van der Waals surface area contributed by atoms with Crippen molar-refractivity contribution < 1.29 is 82.7 Å². The van der Waals surface area contributed by atoms with Crippen LogP contribution < -0.4 is 29.4 Å². The summed E-state index contributed by atoms with van der Waals surface area (Å²) in [5, 5.41) is 45.7. The number of ketones is 4. The van der Waals surface area contributed by atoms with E-state index in [0.717, 1.165) is 111 Å². The molecule has 4 aliphatic rings. The summed E-state index contributed by atoms with van der Waals surface area (Å²) in [6, 6.07) is 51.5. The van der Waals surface area contributed by atoms with Gasteiger partial charge in [0, 0.05) is 61.5 Å². The monoisotopic (exact) mass is 1220 g/mol. The Hall–Kier alpha value is -8.11. The summed E-state index contributed by atoms with van der Waals surface area (Å²) in [7, 11) is 8.26. The Morgan fingerprint density at radius 3 is 1.10 bits per heavy atom. The molecule has 0 spiro atoms. The number of halogens is 2. The Morgan fingerprint density at radius 1 is 0.420 bits per heavy atom. The lowest BCUT2D eigenvalue weighted by Gasteiger charge is -2.31. The van der Waals surface area contributed by atoms with E-state index in [1.165, 1.54) is 0 Å². The van der Waals surface area contributed by atoms with Gasteiger partial charge in [-0.15, -0.1) is 0 Å². The van der Waals surface area contributed by atoms with Crippen LogP contribution in [0.4, 0.5) is 0 Å². The van der Waals surface area contributed by atoms with Gasteiger partial charge >= 0.3 is 0 Å². The number of rotatable bonds is 15. The minimum absolute atomic E-state index is 0. The van der Waals surface area contributed by atoms with Crippen LogP contribution in [0, 0.1) is 0 Å². The molecule has 452 valence electrons. The molecule has 0 aliphatic heterocycles. The zero-order valence-electron chi connectivity index (χ0n) is 50.5. The van der Waals surface area contributed by atoms with Gasteiger partial charge in [0.05, 0.1) is 83.5 Å². The molecule has 1 heterocycles.